The molecule has 1 unspecified atom stereocenters. The third-order valence-corrected chi connectivity index (χ3v) is 3.84. The van der Waals surface area contributed by atoms with E-state index in [2.05, 4.69) is 0 Å². The molecule has 1 fully saturated rings. The molecule has 1 aromatic carbocycles. The summed E-state index contributed by atoms with van der Waals surface area (Å²) >= 11 is 5.88. The van der Waals surface area contributed by atoms with E-state index in [-0.39, 0.29) is 5.91 Å². The number of nitrogens with zero attached hydrogens (tertiary/aromatic N) is 1. The van der Waals surface area contributed by atoms with Crippen LogP contribution in [0.5, 0.6) is 5.75 Å². The standard InChI is InChI=1S/C15H20ClNO3/c1-11(20-13-5-3-4-12(16)10-13)14(18)17-8-6-15(2,19)7-9-17/h3-5,10-11,19H,6-9H2,1-2H3. The fourth-order valence-corrected chi connectivity index (χ4v) is 2.44. The normalized spacial score (nSPS) is 19.5. The second-order valence-electron chi connectivity index (χ2n) is 5.54. The van der Waals surface area contributed by atoms with E-state index in [1.165, 1.54) is 0 Å². The number of likely N-dealkylation sites (tertiary alicyclic amines) is 1. The summed E-state index contributed by atoms with van der Waals surface area (Å²) in [6.45, 7) is 4.67. The Morgan fingerprint density at radius 3 is 2.70 bits per heavy atom. The molecular weight excluding hydrogens is 278 g/mol. The molecule has 0 spiro atoms. The minimum absolute atomic E-state index is 0.0551. The first kappa shape index (κ1) is 15.1. The van der Waals surface area contributed by atoms with E-state index in [0.29, 0.717) is 36.7 Å². The maximum atomic E-state index is 12.3. The zero-order chi connectivity index (χ0) is 14.8. The highest BCUT2D eigenvalue weighted by atomic mass is 35.5. The molecule has 1 aliphatic heterocycles. The van der Waals surface area contributed by atoms with Gasteiger partial charge in [-0.15, -0.1) is 0 Å². The third kappa shape index (κ3) is 3.87. The molecule has 0 radical (unpaired) electrons. The largest absolute Gasteiger partial charge is 0.481 e. The second kappa shape index (κ2) is 6.02. The van der Waals surface area contributed by atoms with Gasteiger partial charge in [0.15, 0.2) is 6.10 Å². The SMILES string of the molecule is CC(Oc1cccc(Cl)c1)C(=O)N1CCC(C)(O)CC1. The first-order chi connectivity index (χ1) is 9.37. The summed E-state index contributed by atoms with van der Waals surface area (Å²) in [5, 5.41) is 10.5. The number of halogens is 1. The van der Waals surface area contributed by atoms with Crippen molar-refractivity contribution in [2.24, 2.45) is 0 Å². The van der Waals surface area contributed by atoms with Crippen molar-refractivity contribution >= 4 is 17.5 Å². The fraction of sp³-hybridized carbons (Fsp3) is 0.533. The van der Waals surface area contributed by atoms with Crippen LogP contribution in [0.2, 0.25) is 5.02 Å². The first-order valence-electron chi connectivity index (χ1n) is 6.81. The van der Waals surface area contributed by atoms with Crippen molar-refractivity contribution in [3.05, 3.63) is 29.3 Å². The Morgan fingerprint density at radius 1 is 1.45 bits per heavy atom. The van der Waals surface area contributed by atoms with Gasteiger partial charge in [-0.25, -0.2) is 0 Å². The number of rotatable bonds is 3. The lowest BCUT2D eigenvalue weighted by atomic mass is 9.93. The van der Waals surface area contributed by atoms with Crippen LogP contribution in [-0.4, -0.2) is 40.7 Å². The Morgan fingerprint density at radius 2 is 2.10 bits per heavy atom. The molecule has 1 atom stereocenters. The van der Waals surface area contributed by atoms with E-state index in [1.54, 1.807) is 43.0 Å². The van der Waals surface area contributed by atoms with Crippen LogP contribution < -0.4 is 4.74 Å². The number of ether oxygens (including phenoxy) is 1. The summed E-state index contributed by atoms with van der Waals surface area (Å²) in [5.74, 6) is 0.530. The summed E-state index contributed by atoms with van der Waals surface area (Å²) in [4.78, 5) is 14.0. The Labute approximate surface area is 124 Å². The summed E-state index contributed by atoms with van der Waals surface area (Å²) in [6.07, 6.45) is 0.641. The van der Waals surface area contributed by atoms with Gasteiger partial charge in [0.25, 0.3) is 5.91 Å². The minimum atomic E-state index is -0.659. The second-order valence-corrected chi connectivity index (χ2v) is 5.98. The van der Waals surface area contributed by atoms with Crippen LogP contribution in [0.4, 0.5) is 0 Å². The number of aliphatic hydroxyl groups is 1. The lowest BCUT2D eigenvalue weighted by molar-refractivity contribution is -0.141. The topological polar surface area (TPSA) is 49.8 Å². The van der Waals surface area contributed by atoms with Crippen LogP contribution >= 0.6 is 11.6 Å². The van der Waals surface area contributed by atoms with Gasteiger partial charge in [-0.3, -0.25) is 4.79 Å². The number of carbonyl (C=O) groups is 1. The lowest BCUT2D eigenvalue weighted by Crippen LogP contribution is -2.49. The molecular formula is C15H20ClNO3. The molecule has 110 valence electrons. The van der Waals surface area contributed by atoms with Crippen molar-refractivity contribution in [1.82, 2.24) is 4.90 Å². The van der Waals surface area contributed by atoms with Gasteiger partial charge in [0, 0.05) is 18.1 Å². The quantitative estimate of drug-likeness (QED) is 0.932. The highest BCUT2D eigenvalue weighted by Crippen LogP contribution is 2.23. The van der Waals surface area contributed by atoms with E-state index >= 15 is 0 Å². The fourth-order valence-electron chi connectivity index (χ4n) is 2.26. The zero-order valence-corrected chi connectivity index (χ0v) is 12.6. The van der Waals surface area contributed by atoms with E-state index in [0.717, 1.165) is 0 Å². The average molecular weight is 298 g/mol. The highest BCUT2D eigenvalue weighted by Gasteiger charge is 2.31. The van der Waals surface area contributed by atoms with Gasteiger partial charge in [0.05, 0.1) is 5.60 Å². The van der Waals surface area contributed by atoms with Crippen molar-refractivity contribution < 1.29 is 14.6 Å². The van der Waals surface area contributed by atoms with Gasteiger partial charge in [-0.2, -0.15) is 0 Å². The van der Waals surface area contributed by atoms with Crippen LogP contribution in [0, 0.1) is 0 Å². The molecule has 0 aromatic heterocycles. The summed E-state index contributed by atoms with van der Waals surface area (Å²) in [7, 11) is 0. The van der Waals surface area contributed by atoms with E-state index in [9.17, 15) is 9.90 Å². The van der Waals surface area contributed by atoms with Gasteiger partial charge in [0.2, 0.25) is 0 Å². The molecule has 1 aromatic rings. The average Bonchev–Trinajstić information content (AvgIpc) is 2.38. The summed E-state index contributed by atoms with van der Waals surface area (Å²) in [6, 6.07) is 7.00. The summed E-state index contributed by atoms with van der Waals surface area (Å²) < 4.78 is 5.62. The predicted molar refractivity (Wildman–Crippen MR) is 78.0 cm³/mol. The highest BCUT2D eigenvalue weighted by molar-refractivity contribution is 6.30. The molecule has 0 saturated carbocycles. The molecule has 1 heterocycles. The number of hydrogen-bond acceptors (Lipinski definition) is 3. The number of benzene rings is 1. The van der Waals surface area contributed by atoms with Crippen molar-refractivity contribution in [2.75, 3.05) is 13.1 Å². The molecule has 1 aliphatic rings. The Kier molecular flexibility index (Phi) is 4.55. The molecule has 1 saturated heterocycles. The molecule has 4 nitrogen and oxygen atoms in total. The van der Waals surface area contributed by atoms with Crippen molar-refractivity contribution in [3.63, 3.8) is 0 Å². The Balaban J connectivity index is 1.92. The van der Waals surface area contributed by atoms with Gasteiger partial charge in [-0.1, -0.05) is 17.7 Å². The predicted octanol–water partition coefficient (Wildman–Crippen LogP) is 2.48. The van der Waals surface area contributed by atoms with Crippen molar-refractivity contribution in [2.45, 2.75) is 38.4 Å². The monoisotopic (exact) mass is 297 g/mol. The third-order valence-electron chi connectivity index (χ3n) is 3.61. The van der Waals surface area contributed by atoms with Crippen LogP contribution in [0.25, 0.3) is 0 Å². The smallest absolute Gasteiger partial charge is 0.263 e. The van der Waals surface area contributed by atoms with E-state index in [1.807, 2.05) is 0 Å². The number of hydrogen-bond donors (Lipinski definition) is 1. The Bertz CT molecular complexity index is 480. The number of piperidine rings is 1. The molecule has 1 amide bonds. The molecule has 0 aliphatic carbocycles. The lowest BCUT2D eigenvalue weighted by Gasteiger charge is -2.36. The van der Waals surface area contributed by atoms with Gasteiger partial charge in [0.1, 0.15) is 5.75 Å². The van der Waals surface area contributed by atoms with Gasteiger partial charge < -0.3 is 14.7 Å². The number of carbonyl (C=O) groups excluding carboxylic acids is 1. The maximum absolute atomic E-state index is 12.3. The van der Waals surface area contributed by atoms with Crippen molar-refractivity contribution in [3.8, 4) is 5.75 Å². The summed E-state index contributed by atoms with van der Waals surface area (Å²) in [5.41, 5.74) is -0.659. The molecule has 5 heteroatoms. The molecule has 0 bridgehead atoms. The maximum Gasteiger partial charge on any atom is 0.263 e. The Hall–Kier alpha value is -1.26. The van der Waals surface area contributed by atoms with Crippen LogP contribution in [0.3, 0.4) is 0 Å². The van der Waals surface area contributed by atoms with E-state index in [4.69, 9.17) is 16.3 Å². The number of amides is 1. The van der Waals surface area contributed by atoms with E-state index < -0.39 is 11.7 Å². The van der Waals surface area contributed by atoms with Crippen molar-refractivity contribution in [1.29, 1.82) is 0 Å². The van der Waals surface area contributed by atoms with Crippen LogP contribution in [0.1, 0.15) is 26.7 Å². The minimum Gasteiger partial charge on any atom is -0.481 e. The molecule has 2 rings (SSSR count). The van der Waals surface area contributed by atoms with Crippen LogP contribution in [-0.2, 0) is 4.79 Å². The molecule has 1 N–H and O–H groups in total. The zero-order valence-electron chi connectivity index (χ0n) is 11.8. The first-order valence-corrected chi connectivity index (χ1v) is 7.19. The van der Waals surface area contributed by atoms with Gasteiger partial charge in [-0.05, 0) is 44.9 Å². The van der Waals surface area contributed by atoms with Crippen LogP contribution in [0.15, 0.2) is 24.3 Å². The molecule has 20 heavy (non-hydrogen) atoms. The van der Waals surface area contributed by atoms with Gasteiger partial charge >= 0.3 is 0 Å².